The minimum atomic E-state index is -0.430. The van der Waals surface area contributed by atoms with Crippen molar-refractivity contribution in [2.75, 3.05) is 11.4 Å². The molecule has 6 nitrogen and oxygen atoms in total. The summed E-state index contributed by atoms with van der Waals surface area (Å²) in [5.74, 6) is -0.160. The Kier molecular flexibility index (Phi) is 6.95. The molecule has 0 aliphatic heterocycles. The molecule has 2 aromatic heterocycles. The molecule has 1 aromatic carbocycles. The lowest BCUT2D eigenvalue weighted by atomic mass is 9.84. The lowest BCUT2D eigenvalue weighted by Gasteiger charge is -2.30. The van der Waals surface area contributed by atoms with Crippen LogP contribution in [-0.4, -0.2) is 34.9 Å². The molecule has 2 heterocycles. The Bertz CT molecular complexity index is 1120. The van der Waals surface area contributed by atoms with Crippen molar-refractivity contribution >= 4 is 40.6 Å². The Morgan fingerprint density at radius 1 is 1.19 bits per heavy atom. The number of pyridine rings is 2. The summed E-state index contributed by atoms with van der Waals surface area (Å²) in [5, 5.41) is 4.21. The SMILES string of the molecule is O=CN(CC[C@H]1CC[C@@H](NC(=O)c2ccc3cccnc3n2)CC1)c1ccc(F)cc1Cl. The number of halogens is 2. The summed E-state index contributed by atoms with van der Waals surface area (Å²) in [6.45, 7) is 0.518. The van der Waals surface area contributed by atoms with Crippen LogP contribution in [0.2, 0.25) is 5.02 Å². The molecule has 166 valence electrons. The Morgan fingerprint density at radius 3 is 2.75 bits per heavy atom. The Labute approximate surface area is 190 Å². The smallest absolute Gasteiger partial charge is 0.270 e. The number of aromatic nitrogens is 2. The number of nitrogens with one attached hydrogen (secondary N) is 1. The number of rotatable bonds is 7. The van der Waals surface area contributed by atoms with Gasteiger partial charge in [-0.05, 0) is 80.5 Å². The molecule has 2 amide bonds. The molecule has 1 aliphatic rings. The van der Waals surface area contributed by atoms with Gasteiger partial charge in [-0.3, -0.25) is 9.59 Å². The second-order valence-electron chi connectivity index (χ2n) is 8.12. The number of benzene rings is 1. The van der Waals surface area contributed by atoms with E-state index < -0.39 is 5.82 Å². The second kappa shape index (κ2) is 10.0. The highest BCUT2D eigenvalue weighted by Gasteiger charge is 2.24. The maximum Gasteiger partial charge on any atom is 0.270 e. The third-order valence-corrected chi connectivity index (χ3v) is 6.31. The highest BCUT2D eigenvalue weighted by molar-refractivity contribution is 6.33. The number of hydrogen-bond donors (Lipinski definition) is 1. The predicted octanol–water partition coefficient (Wildman–Crippen LogP) is 4.76. The van der Waals surface area contributed by atoms with Gasteiger partial charge in [0.1, 0.15) is 11.5 Å². The molecule has 32 heavy (non-hydrogen) atoms. The van der Waals surface area contributed by atoms with Crippen molar-refractivity contribution in [1.82, 2.24) is 15.3 Å². The van der Waals surface area contributed by atoms with Gasteiger partial charge in [-0.1, -0.05) is 11.6 Å². The van der Waals surface area contributed by atoms with Gasteiger partial charge in [0.05, 0.1) is 10.7 Å². The van der Waals surface area contributed by atoms with Crippen LogP contribution in [0, 0.1) is 11.7 Å². The molecule has 1 fully saturated rings. The number of amides is 2. The van der Waals surface area contributed by atoms with Crippen LogP contribution in [0.15, 0.2) is 48.7 Å². The number of hydrogen-bond acceptors (Lipinski definition) is 4. The standard InChI is InChI=1S/C24H24ClFN4O2/c25-20-14-18(26)6-10-22(20)30(15-31)13-11-16-3-7-19(8-4-16)28-24(32)21-9-5-17-2-1-12-27-23(17)29-21/h1-2,5-6,9-10,12,14-16,19H,3-4,7-8,11,13H2,(H,28,32)/t16-,19+. The third-order valence-electron chi connectivity index (χ3n) is 6.00. The molecule has 1 aliphatic carbocycles. The molecule has 1 N–H and O–H groups in total. The molecule has 8 heteroatoms. The summed E-state index contributed by atoms with van der Waals surface area (Å²) >= 11 is 6.09. The second-order valence-corrected chi connectivity index (χ2v) is 8.53. The molecule has 0 bridgehead atoms. The van der Waals surface area contributed by atoms with E-state index in [1.54, 1.807) is 12.3 Å². The fraction of sp³-hybridized carbons (Fsp3) is 0.333. The fourth-order valence-electron chi connectivity index (χ4n) is 4.20. The lowest BCUT2D eigenvalue weighted by molar-refractivity contribution is -0.107. The fourth-order valence-corrected chi connectivity index (χ4v) is 4.48. The van der Waals surface area contributed by atoms with Crippen LogP contribution in [0.1, 0.15) is 42.6 Å². The van der Waals surface area contributed by atoms with E-state index in [0.29, 0.717) is 29.5 Å². The number of fused-ring (bicyclic) bond motifs is 1. The van der Waals surface area contributed by atoms with Gasteiger partial charge in [-0.25, -0.2) is 14.4 Å². The summed E-state index contributed by atoms with van der Waals surface area (Å²) < 4.78 is 13.3. The van der Waals surface area contributed by atoms with Crippen LogP contribution in [-0.2, 0) is 4.79 Å². The highest BCUT2D eigenvalue weighted by atomic mass is 35.5. The van der Waals surface area contributed by atoms with E-state index in [9.17, 15) is 14.0 Å². The number of carbonyl (C=O) groups excluding carboxylic acids is 2. The van der Waals surface area contributed by atoms with Gasteiger partial charge in [0.15, 0.2) is 5.65 Å². The maximum atomic E-state index is 13.3. The van der Waals surface area contributed by atoms with Crippen molar-refractivity contribution in [2.24, 2.45) is 5.92 Å². The van der Waals surface area contributed by atoms with E-state index in [0.717, 1.165) is 43.9 Å². The van der Waals surface area contributed by atoms with E-state index in [2.05, 4.69) is 15.3 Å². The molecule has 0 radical (unpaired) electrons. The predicted molar refractivity (Wildman–Crippen MR) is 122 cm³/mol. The molecular formula is C24H24ClFN4O2. The highest BCUT2D eigenvalue weighted by Crippen LogP contribution is 2.30. The molecule has 3 aromatic rings. The third kappa shape index (κ3) is 5.22. The Morgan fingerprint density at radius 2 is 2.00 bits per heavy atom. The molecule has 0 spiro atoms. The summed E-state index contributed by atoms with van der Waals surface area (Å²) in [6, 6.07) is 11.5. The van der Waals surface area contributed by atoms with Crippen LogP contribution in [0.5, 0.6) is 0 Å². The van der Waals surface area contributed by atoms with Gasteiger partial charge < -0.3 is 10.2 Å². The zero-order valence-corrected chi connectivity index (χ0v) is 18.3. The molecular weight excluding hydrogens is 431 g/mol. The van der Waals surface area contributed by atoms with Crippen LogP contribution in [0.3, 0.4) is 0 Å². The topological polar surface area (TPSA) is 75.2 Å². The van der Waals surface area contributed by atoms with Crippen LogP contribution < -0.4 is 10.2 Å². The summed E-state index contributed by atoms with van der Waals surface area (Å²) in [6.07, 6.45) is 6.89. The van der Waals surface area contributed by atoms with E-state index in [-0.39, 0.29) is 17.0 Å². The molecule has 4 rings (SSSR count). The van der Waals surface area contributed by atoms with Gasteiger partial charge in [0.25, 0.3) is 5.91 Å². The molecule has 0 unspecified atom stereocenters. The summed E-state index contributed by atoms with van der Waals surface area (Å²) in [7, 11) is 0. The van der Waals surface area contributed by atoms with Crippen LogP contribution in [0.4, 0.5) is 10.1 Å². The van der Waals surface area contributed by atoms with Gasteiger partial charge in [0, 0.05) is 24.2 Å². The van der Waals surface area contributed by atoms with Crippen molar-refractivity contribution in [3.05, 3.63) is 65.2 Å². The van der Waals surface area contributed by atoms with Gasteiger partial charge in [-0.15, -0.1) is 0 Å². The minimum absolute atomic E-state index is 0.105. The zero-order valence-electron chi connectivity index (χ0n) is 17.5. The van der Waals surface area contributed by atoms with Crippen LogP contribution >= 0.6 is 11.6 Å². The number of carbonyl (C=O) groups is 2. The van der Waals surface area contributed by atoms with Crippen molar-refractivity contribution in [3.63, 3.8) is 0 Å². The van der Waals surface area contributed by atoms with Crippen molar-refractivity contribution in [1.29, 1.82) is 0 Å². The first-order valence-corrected chi connectivity index (χ1v) is 11.1. The summed E-state index contributed by atoms with van der Waals surface area (Å²) in [4.78, 5) is 34.2. The van der Waals surface area contributed by atoms with Gasteiger partial charge in [-0.2, -0.15) is 0 Å². The van der Waals surface area contributed by atoms with Crippen LogP contribution in [0.25, 0.3) is 11.0 Å². The largest absolute Gasteiger partial charge is 0.348 e. The lowest BCUT2D eigenvalue weighted by Crippen LogP contribution is -2.38. The normalized spacial score (nSPS) is 18.3. The van der Waals surface area contributed by atoms with E-state index in [1.165, 1.54) is 23.1 Å². The minimum Gasteiger partial charge on any atom is -0.348 e. The Hall–Kier alpha value is -3.06. The van der Waals surface area contributed by atoms with Gasteiger partial charge >= 0.3 is 0 Å². The number of nitrogens with zero attached hydrogens (tertiary/aromatic N) is 3. The molecule has 0 atom stereocenters. The summed E-state index contributed by atoms with van der Waals surface area (Å²) in [5.41, 5.74) is 1.45. The number of anilines is 1. The van der Waals surface area contributed by atoms with E-state index in [1.807, 2.05) is 18.2 Å². The molecule has 0 saturated heterocycles. The van der Waals surface area contributed by atoms with E-state index in [4.69, 9.17) is 11.6 Å². The first-order valence-electron chi connectivity index (χ1n) is 10.7. The average molecular weight is 455 g/mol. The van der Waals surface area contributed by atoms with Crippen molar-refractivity contribution in [2.45, 2.75) is 38.1 Å². The van der Waals surface area contributed by atoms with Crippen molar-refractivity contribution < 1.29 is 14.0 Å². The molecule has 1 saturated carbocycles. The Balaban J connectivity index is 1.27. The van der Waals surface area contributed by atoms with E-state index >= 15 is 0 Å². The first kappa shape index (κ1) is 22.1. The first-order chi connectivity index (χ1) is 15.5. The van der Waals surface area contributed by atoms with Gasteiger partial charge in [0.2, 0.25) is 6.41 Å². The zero-order chi connectivity index (χ0) is 22.5. The quantitative estimate of drug-likeness (QED) is 0.522. The maximum absolute atomic E-state index is 13.3. The average Bonchev–Trinajstić information content (AvgIpc) is 2.81. The van der Waals surface area contributed by atoms with Crippen molar-refractivity contribution in [3.8, 4) is 0 Å². The monoisotopic (exact) mass is 454 g/mol.